The molecule has 1 saturated carbocycles. The lowest BCUT2D eigenvalue weighted by Gasteiger charge is -2.24. The number of aromatic nitrogens is 2. The lowest BCUT2D eigenvalue weighted by atomic mass is 10.1. The van der Waals surface area contributed by atoms with Crippen molar-refractivity contribution in [2.45, 2.75) is 63.5 Å². The molecule has 1 N–H and O–H groups in total. The van der Waals surface area contributed by atoms with E-state index in [4.69, 9.17) is 9.47 Å². The first kappa shape index (κ1) is 21.7. The predicted molar refractivity (Wildman–Crippen MR) is 109 cm³/mol. The van der Waals surface area contributed by atoms with Gasteiger partial charge in [-0.05, 0) is 32.6 Å². The lowest BCUT2D eigenvalue weighted by molar-refractivity contribution is 0.00491. The van der Waals surface area contributed by atoms with E-state index < -0.39 is 21.8 Å². The Labute approximate surface area is 172 Å². The number of hydrogen-bond acceptors (Lipinski definition) is 7. The topological polar surface area (TPSA) is 107 Å². The van der Waals surface area contributed by atoms with Crippen LogP contribution in [0.15, 0.2) is 17.7 Å². The molecule has 160 valence electrons. The molecule has 2 heterocycles. The zero-order valence-corrected chi connectivity index (χ0v) is 17.8. The molecule has 1 aromatic heterocycles. The Balaban J connectivity index is 1.79. The van der Waals surface area contributed by atoms with E-state index in [-0.39, 0.29) is 17.5 Å². The van der Waals surface area contributed by atoms with E-state index in [1.54, 1.807) is 6.92 Å². The predicted octanol–water partition coefficient (Wildman–Crippen LogP) is 2.37. The Morgan fingerprint density at radius 2 is 2.07 bits per heavy atom. The van der Waals surface area contributed by atoms with Gasteiger partial charge in [0.1, 0.15) is 17.5 Å². The van der Waals surface area contributed by atoms with Crippen LogP contribution < -0.4 is 10.1 Å². The van der Waals surface area contributed by atoms with E-state index in [1.165, 1.54) is 12.3 Å². The van der Waals surface area contributed by atoms with Crippen molar-refractivity contribution >= 4 is 15.7 Å². The average Bonchev–Trinajstić information content (AvgIpc) is 3.21. The first-order valence-electron chi connectivity index (χ1n) is 10.1. The number of hydrogen-bond donors (Lipinski definition) is 1. The molecule has 1 aliphatic carbocycles. The zero-order valence-electron chi connectivity index (χ0n) is 17.0. The molecule has 3 rings (SSSR count). The number of sulfone groups is 1. The van der Waals surface area contributed by atoms with Gasteiger partial charge in [-0.25, -0.2) is 13.4 Å². The molecule has 2 fully saturated rings. The molecule has 29 heavy (non-hydrogen) atoms. The van der Waals surface area contributed by atoms with Crippen LogP contribution in [0.25, 0.3) is 0 Å². The normalized spacial score (nSPS) is 21.9. The minimum absolute atomic E-state index is 0.149. The summed E-state index contributed by atoms with van der Waals surface area (Å²) in [7, 11) is -3.26. The highest BCUT2D eigenvalue weighted by atomic mass is 32.2. The van der Waals surface area contributed by atoms with Gasteiger partial charge in [-0.1, -0.05) is 18.9 Å². The first-order valence-corrected chi connectivity index (χ1v) is 12.1. The summed E-state index contributed by atoms with van der Waals surface area (Å²) in [6.07, 6.45) is 10.1. The second-order valence-corrected chi connectivity index (χ2v) is 9.74. The molecule has 1 amide bonds. The summed E-state index contributed by atoms with van der Waals surface area (Å²) in [5, 5.41) is 3.83. The molecule has 0 aromatic carbocycles. The second-order valence-electron chi connectivity index (χ2n) is 7.81. The highest BCUT2D eigenvalue weighted by Gasteiger charge is 2.26. The molecule has 2 atom stereocenters. The largest absolute Gasteiger partial charge is 0.471 e. The number of nitrogens with zero attached hydrogens (tertiary/aromatic N) is 2. The van der Waals surface area contributed by atoms with E-state index in [2.05, 4.69) is 15.3 Å². The lowest BCUT2D eigenvalue weighted by Crippen LogP contribution is -2.33. The van der Waals surface area contributed by atoms with Gasteiger partial charge in [0.05, 0.1) is 6.61 Å². The minimum Gasteiger partial charge on any atom is -0.471 e. The molecule has 2 aliphatic rings. The van der Waals surface area contributed by atoms with E-state index in [9.17, 15) is 13.2 Å². The van der Waals surface area contributed by atoms with Crippen LogP contribution in [0, 0.1) is 0 Å². The third-order valence-electron chi connectivity index (χ3n) is 5.11. The Kier molecular flexibility index (Phi) is 7.23. The van der Waals surface area contributed by atoms with Crippen LogP contribution in [0.4, 0.5) is 0 Å². The van der Waals surface area contributed by atoms with Crippen molar-refractivity contribution in [3.63, 3.8) is 0 Å². The number of rotatable bonds is 7. The fourth-order valence-corrected chi connectivity index (χ4v) is 4.08. The van der Waals surface area contributed by atoms with E-state index in [0.29, 0.717) is 19.1 Å². The van der Waals surface area contributed by atoms with Crippen LogP contribution >= 0.6 is 0 Å². The van der Waals surface area contributed by atoms with Gasteiger partial charge in [-0.2, -0.15) is 4.98 Å². The van der Waals surface area contributed by atoms with Crippen LogP contribution in [0.1, 0.15) is 67.5 Å². The molecule has 0 radical (unpaired) electrons. The summed E-state index contributed by atoms with van der Waals surface area (Å²) in [6, 6.07) is -0.474. The highest BCUT2D eigenvalue weighted by molar-refractivity contribution is 7.93. The standard InChI is InChI=1S/C20H29N3O5S/c1-14(9-11-29(2,25)26)22-19(24)17-12-21-18(15-6-3-4-7-15)23-20(17)28-16-8-5-10-27-13-16/h9,11-12,14-16H,3-8,10,13H2,1-2H3,(H,22,24)/b11-9+. The number of carbonyl (C=O) groups is 1. The monoisotopic (exact) mass is 423 g/mol. The Morgan fingerprint density at radius 3 is 2.72 bits per heavy atom. The maximum absolute atomic E-state index is 12.8. The summed E-state index contributed by atoms with van der Waals surface area (Å²) >= 11 is 0. The number of nitrogens with one attached hydrogen (secondary N) is 1. The molecule has 2 unspecified atom stereocenters. The first-order chi connectivity index (χ1) is 13.8. The van der Waals surface area contributed by atoms with Crippen molar-refractivity contribution < 1.29 is 22.7 Å². The summed E-state index contributed by atoms with van der Waals surface area (Å²) in [6.45, 7) is 2.88. The van der Waals surface area contributed by atoms with Gasteiger partial charge < -0.3 is 14.8 Å². The molecular formula is C20H29N3O5S. The molecular weight excluding hydrogens is 394 g/mol. The van der Waals surface area contributed by atoms with Crippen LogP contribution in [0.3, 0.4) is 0 Å². The second kappa shape index (κ2) is 9.67. The molecule has 1 saturated heterocycles. The smallest absolute Gasteiger partial charge is 0.258 e. The van der Waals surface area contributed by atoms with E-state index in [1.807, 2.05) is 0 Å². The fourth-order valence-electron chi connectivity index (χ4n) is 3.56. The van der Waals surface area contributed by atoms with Crippen molar-refractivity contribution in [2.75, 3.05) is 19.5 Å². The number of carbonyl (C=O) groups excluding carboxylic acids is 1. The Morgan fingerprint density at radius 1 is 1.31 bits per heavy atom. The summed E-state index contributed by atoms with van der Waals surface area (Å²) < 4.78 is 34.1. The number of ether oxygens (including phenoxy) is 2. The van der Waals surface area contributed by atoms with Crippen LogP contribution in [0.2, 0.25) is 0 Å². The zero-order chi connectivity index (χ0) is 20.9. The molecule has 0 spiro atoms. The molecule has 1 aromatic rings. The Hall–Kier alpha value is -2.00. The van der Waals surface area contributed by atoms with Gasteiger partial charge in [0, 0.05) is 36.4 Å². The van der Waals surface area contributed by atoms with Crippen molar-refractivity contribution in [3.05, 3.63) is 29.1 Å². The quantitative estimate of drug-likeness (QED) is 0.717. The maximum Gasteiger partial charge on any atom is 0.258 e. The minimum atomic E-state index is -3.26. The van der Waals surface area contributed by atoms with Gasteiger partial charge in [-0.3, -0.25) is 4.79 Å². The van der Waals surface area contributed by atoms with Crippen molar-refractivity contribution in [1.82, 2.24) is 15.3 Å². The Bertz CT molecular complexity index is 844. The van der Waals surface area contributed by atoms with Gasteiger partial charge >= 0.3 is 0 Å². The fraction of sp³-hybridized carbons (Fsp3) is 0.650. The average molecular weight is 424 g/mol. The third-order valence-corrected chi connectivity index (χ3v) is 5.76. The summed E-state index contributed by atoms with van der Waals surface area (Å²) in [5.41, 5.74) is 0.247. The van der Waals surface area contributed by atoms with Crippen molar-refractivity contribution in [2.24, 2.45) is 0 Å². The number of amides is 1. The van der Waals surface area contributed by atoms with Gasteiger partial charge in [0.2, 0.25) is 5.88 Å². The van der Waals surface area contributed by atoms with Gasteiger partial charge in [0.25, 0.3) is 5.91 Å². The van der Waals surface area contributed by atoms with Crippen LogP contribution in [-0.4, -0.2) is 55.9 Å². The van der Waals surface area contributed by atoms with Crippen LogP contribution in [-0.2, 0) is 14.6 Å². The highest BCUT2D eigenvalue weighted by Crippen LogP contribution is 2.33. The molecule has 9 heteroatoms. The van der Waals surface area contributed by atoms with E-state index >= 15 is 0 Å². The van der Waals surface area contributed by atoms with Crippen molar-refractivity contribution in [3.8, 4) is 5.88 Å². The molecule has 8 nitrogen and oxygen atoms in total. The van der Waals surface area contributed by atoms with Gasteiger partial charge in [-0.15, -0.1) is 0 Å². The summed E-state index contributed by atoms with van der Waals surface area (Å²) in [5.74, 6) is 0.888. The third kappa shape index (κ3) is 6.50. The molecule has 1 aliphatic heterocycles. The SMILES string of the molecule is CC(/C=C/S(C)(=O)=O)NC(=O)c1cnc(C2CCCC2)nc1OC1CCCOC1. The molecule has 0 bridgehead atoms. The summed E-state index contributed by atoms with van der Waals surface area (Å²) in [4.78, 5) is 21.8. The van der Waals surface area contributed by atoms with Gasteiger partial charge in [0.15, 0.2) is 9.84 Å². The van der Waals surface area contributed by atoms with Crippen molar-refractivity contribution in [1.29, 1.82) is 0 Å². The maximum atomic E-state index is 12.8. The van der Waals surface area contributed by atoms with Crippen LogP contribution in [0.5, 0.6) is 5.88 Å². The van der Waals surface area contributed by atoms with E-state index in [0.717, 1.165) is 56.0 Å².